The first-order valence-electron chi connectivity index (χ1n) is 8.80. The van der Waals surface area contributed by atoms with E-state index in [2.05, 4.69) is 10.6 Å². The van der Waals surface area contributed by atoms with Gasteiger partial charge in [-0.05, 0) is 31.4 Å². The summed E-state index contributed by atoms with van der Waals surface area (Å²) in [5.41, 5.74) is 0.750. The van der Waals surface area contributed by atoms with Crippen LogP contribution in [0.2, 0.25) is 0 Å². The number of hydrogen-bond donors (Lipinski definition) is 2. The molecule has 2 heterocycles. The van der Waals surface area contributed by atoms with Gasteiger partial charge in [-0.15, -0.1) is 0 Å². The van der Waals surface area contributed by atoms with Crippen molar-refractivity contribution in [3.63, 3.8) is 0 Å². The van der Waals surface area contributed by atoms with Crippen molar-refractivity contribution in [2.45, 2.75) is 25.4 Å². The molecule has 0 spiro atoms. The van der Waals surface area contributed by atoms with Gasteiger partial charge in [0.15, 0.2) is 0 Å². The Bertz CT molecular complexity index is 820. The van der Waals surface area contributed by atoms with Crippen molar-refractivity contribution in [3.05, 3.63) is 18.2 Å². The number of hydrogen-bond acceptors (Lipinski definition) is 6. The van der Waals surface area contributed by atoms with E-state index >= 15 is 0 Å². The minimum absolute atomic E-state index is 0.0574. The van der Waals surface area contributed by atoms with E-state index in [0.717, 1.165) is 12.8 Å². The van der Waals surface area contributed by atoms with Crippen LogP contribution >= 0.6 is 0 Å². The molecule has 0 radical (unpaired) electrons. The number of carbonyl (C=O) groups excluding carboxylic acids is 2. The number of methoxy groups -OCH3 is 1. The number of rotatable bonds is 5. The number of nitrogens with zero attached hydrogens (tertiary/aromatic N) is 1. The second kappa shape index (κ2) is 8.13. The molecule has 2 aliphatic heterocycles. The normalized spacial score (nSPS) is 21.1. The molecule has 1 aromatic carbocycles. The number of carbonyl (C=O) groups is 2. The van der Waals surface area contributed by atoms with E-state index < -0.39 is 21.8 Å². The van der Waals surface area contributed by atoms with Crippen LogP contribution in [0.5, 0.6) is 5.75 Å². The maximum Gasteiger partial charge on any atom is 0.313 e. The average Bonchev–Trinajstić information content (AvgIpc) is 3.29. The quantitative estimate of drug-likeness (QED) is 0.698. The number of benzene rings is 1. The average molecular weight is 397 g/mol. The van der Waals surface area contributed by atoms with Gasteiger partial charge in [0.1, 0.15) is 5.75 Å². The van der Waals surface area contributed by atoms with Crippen molar-refractivity contribution in [3.8, 4) is 5.75 Å². The minimum atomic E-state index is -3.32. The molecular formula is C17H23N3O6S. The Balaban J connectivity index is 1.65. The lowest BCUT2D eigenvalue weighted by atomic mass is 10.2. The molecule has 10 heteroatoms. The van der Waals surface area contributed by atoms with Crippen LogP contribution in [0.25, 0.3) is 0 Å². The van der Waals surface area contributed by atoms with E-state index in [1.807, 2.05) is 0 Å². The molecule has 9 nitrogen and oxygen atoms in total. The summed E-state index contributed by atoms with van der Waals surface area (Å²) in [6.45, 7) is 1.36. The minimum Gasteiger partial charge on any atom is -0.494 e. The Labute approximate surface area is 158 Å². The lowest BCUT2D eigenvalue weighted by molar-refractivity contribution is -0.136. The molecule has 0 bridgehead atoms. The first kappa shape index (κ1) is 19.4. The summed E-state index contributed by atoms with van der Waals surface area (Å²) in [4.78, 5) is 24.1. The molecule has 27 heavy (non-hydrogen) atoms. The highest BCUT2D eigenvalue weighted by molar-refractivity contribution is 7.93. The predicted octanol–water partition coefficient (Wildman–Crippen LogP) is 0.469. The van der Waals surface area contributed by atoms with Gasteiger partial charge in [-0.3, -0.25) is 13.9 Å². The Morgan fingerprint density at radius 3 is 2.74 bits per heavy atom. The lowest BCUT2D eigenvalue weighted by Gasteiger charge is -2.19. The molecule has 3 rings (SSSR count). The summed E-state index contributed by atoms with van der Waals surface area (Å²) in [6, 6.07) is 4.63. The fraction of sp³-hybridized carbons (Fsp3) is 0.529. The van der Waals surface area contributed by atoms with Crippen LogP contribution in [0.4, 0.5) is 11.4 Å². The number of ether oxygens (including phenoxy) is 2. The molecule has 1 atom stereocenters. The van der Waals surface area contributed by atoms with E-state index in [4.69, 9.17) is 9.47 Å². The molecule has 0 aliphatic carbocycles. The van der Waals surface area contributed by atoms with Crippen molar-refractivity contribution in [2.75, 3.05) is 42.2 Å². The fourth-order valence-corrected chi connectivity index (χ4v) is 4.70. The van der Waals surface area contributed by atoms with Crippen molar-refractivity contribution in [1.29, 1.82) is 0 Å². The van der Waals surface area contributed by atoms with E-state index in [-0.39, 0.29) is 29.8 Å². The zero-order valence-electron chi connectivity index (χ0n) is 15.1. The van der Waals surface area contributed by atoms with Gasteiger partial charge in [0, 0.05) is 25.8 Å². The van der Waals surface area contributed by atoms with Gasteiger partial charge in [-0.2, -0.15) is 0 Å². The molecule has 2 saturated heterocycles. The SMILES string of the molecule is COc1cc(N2CCCS2(=O)=O)ccc1NC(=O)C(=O)NC[C@H]1CCCO1. The highest BCUT2D eigenvalue weighted by atomic mass is 32.2. The van der Waals surface area contributed by atoms with Crippen LogP contribution in [0.3, 0.4) is 0 Å². The Morgan fingerprint density at radius 2 is 2.11 bits per heavy atom. The first-order valence-corrected chi connectivity index (χ1v) is 10.4. The standard InChI is InChI=1S/C17H23N3O6S/c1-25-15-10-12(20-7-3-9-27(20,23)24)5-6-14(15)19-17(22)16(21)18-11-13-4-2-8-26-13/h5-6,10,13H,2-4,7-9,11H2,1H3,(H,18,21)(H,19,22)/t13-/m1/s1. The first-order chi connectivity index (χ1) is 12.9. The fourth-order valence-electron chi connectivity index (χ4n) is 3.14. The number of sulfonamides is 1. The highest BCUT2D eigenvalue weighted by Crippen LogP contribution is 2.32. The van der Waals surface area contributed by atoms with Gasteiger partial charge in [0.05, 0.1) is 30.3 Å². The monoisotopic (exact) mass is 397 g/mol. The summed E-state index contributed by atoms with van der Waals surface area (Å²) in [7, 11) is -1.91. The Hall–Kier alpha value is -2.33. The van der Waals surface area contributed by atoms with Crippen LogP contribution < -0.4 is 19.7 Å². The summed E-state index contributed by atoms with van der Waals surface area (Å²) < 4.78 is 36.1. The maximum atomic E-state index is 12.1. The van der Waals surface area contributed by atoms with Crippen molar-refractivity contribution < 1.29 is 27.5 Å². The molecule has 2 amide bonds. The molecule has 0 saturated carbocycles. The van der Waals surface area contributed by atoms with Crippen LogP contribution in [-0.2, 0) is 24.3 Å². The van der Waals surface area contributed by atoms with Gasteiger partial charge in [0.2, 0.25) is 10.0 Å². The Morgan fingerprint density at radius 1 is 1.30 bits per heavy atom. The number of amides is 2. The zero-order valence-corrected chi connectivity index (χ0v) is 15.9. The van der Waals surface area contributed by atoms with E-state index in [0.29, 0.717) is 25.3 Å². The summed E-state index contributed by atoms with van der Waals surface area (Å²) >= 11 is 0. The van der Waals surface area contributed by atoms with Gasteiger partial charge in [-0.25, -0.2) is 8.42 Å². The topological polar surface area (TPSA) is 114 Å². The summed E-state index contributed by atoms with van der Waals surface area (Å²) in [5.74, 6) is -1.21. The summed E-state index contributed by atoms with van der Waals surface area (Å²) in [6.07, 6.45) is 2.31. The largest absolute Gasteiger partial charge is 0.494 e. The Kier molecular flexibility index (Phi) is 5.85. The van der Waals surface area contributed by atoms with Gasteiger partial charge in [-0.1, -0.05) is 0 Å². The second-order valence-electron chi connectivity index (χ2n) is 6.43. The zero-order chi connectivity index (χ0) is 19.4. The number of anilines is 2. The van der Waals surface area contributed by atoms with Crippen LogP contribution in [0, 0.1) is 0 Å². The molecular weight excluding hydrogens is 374 g/mol. The molecule has 2 aliphatic rings. The van der Waals surface area contributed by atoms with Crippen LogP contribution in [-0.4, -0.2) is 58.9 Å². The van der Waals surface area contributed by atoms with Crippen molar-refractivity contribution in [2.24, 2.45) is 0 Å². The van der Waals surface area contributed by atoms with E-state index in [1.54, 1.807) is 6.07 Å². The van der Waals surface area contributed by atoms with Crippen molar-refractivity contribution in [1.82, 2.24) is 5.32 Å². The molecule has 0 unspecified atom stereocenters. The predicted molar refractivity (Wildman–Crippen MR) is 99.4 cm³/mol. The van der Waals surface area contributed by atoms with Crippen LogP contribution in [0.1, 0.15) is 19.3 Å². The van der Waals surface area contributed by atoms with Gasteiger partial charge in [0.25, 0.3) is 0 Å². The summed E-state index contributed by atoms with van der Waals surface area (Å²) in [5, 5.41) is 5.04. The smallest absolute Gasteiger partial charge is 0.313 e. The molecule has 0 aromatic heterocycles. The third-order valence-electron chi connectivity index (χ3n) is 4.54. The van der Waals surface area contributed by atoms with Gasteiger partial charge < -0.3 is 20.1 Å². The van der Waals surface area contributed by atoms with Crippen molar-refractivity contribution >= 4 is 33.2 Å². The lowest BCUT2D eigenvalue weighted by Crippen LogP contribution is -2.39. The molecule has 1 aromatic rings. The third kappa shape index (κ3) is 4.51. The molecule has 2 N–H and O–H groups in total. The maximum absolute atomic E-state index is 12.1. The van der Waals surface area contributed by atoms with E-state index in [9.17, 15) is 18.0 Å². The van der Waals surface area contributed by atoms with Crippen LogP contribution in [0.15, 0.2) is 18.2 Å². The number of nitrogens with one attached hydrogen (secondary N) is 2. The molecule has 148 valence electrons. The van der Waals surface area contributed by atoms with E-state index in [1.165, 1.54) is 23.5 Å². The second-order valence-corrected chi connectivity index (χ2v) is 8.44. The third-order valence-corrected chi connectivity index (χ3v) is 6.41. The molecule has 2 fully saturated rings. The van der Waals surface area contributed by atoms with Gasteiger partial charge >= 0.3 is 11.8 Å². The highest BCUT2D eigenvalue weighted by Gasteiger charge is 2.29.